The van der Waals surface area contributed by atoms with E-state index in [1.54, 1.807) is 43.5 Å². The molecule has 1 unspecified atom stereocenters. The van der Waals surface area contributed by atoms with Gasteiger partial charge in [0.15, 0.2) is 5.75 Å². The molecule has 0 spiro atoms. The topological polar surface area (TPSA) is 90.7 Å². The summed E-state index contributed by atoms with van der Waals surface area (Å²) >= 11 is 0. The van der Waals surface area contributed by atoms with E-state index in [0.717, 1.165) is 11.6 Å². The predicted octanol–water partition coefficient (Wildman–Crippen LogP) is 4.27. The number of nitrogens with one attached hydrogen (secondary N) is 1. The molecule has 154 valence electrons. The Balaban J connectivity index is 1.96. The monoisotopic (exact) mass is 410 g/mol. The van der Waals surface area contributed by atoms with Gasteiger partial charge in [0.05, 0.1) is 25.2 Å². The van der Waals surface area contributed by atoms with Crippen LogP contribution in [0.1, 0.15) is 27.5 Å². The lowest BCUT2D eigenvalue weighted by atomic mass is 9.98. The molecule has 0 fully saturated rings. The van der Waals surface area contributed by atoms with Gasteiger partial charge in [0.25, 0.3) is 5.91 Å². The molecular weight excluding hydrogens is 391 g/mol. The summed E-state index contributed by atoms with van der Waals surface area (Å²) < 4.78 is 23.5. The predicted molar refractivity (Wildman–Crippen MR) is 108 cm³/mol. The number of carbonyl (C=O) groups is 1. The van der Waals surface area contributed by atoms with Crippen molar-refractivity contribution >= 4 is 11.6 Å². The summed E-state index contributed by atoms with van der Waals surface area (Å²) in [5, 5.41) is 14.1. The lowest BCUT2D eigenvalue weighted by Crippen LogP contribution is -2.29. The second kappa shape index (κ2) is 9.04. The van der Waals surface area contributed by atoms with Crippen molar-refractivity contribution in [3.05, 3.63) is 99.4 Å². The van der Waals surface area contributed by atoms with Crippen LogP contribution in [0.2, 0.25) is 0 Å². The number of rotatable bonds is 7. The number of methoxy groups -OCH3 is 2. The summed E-state index contributed by atoms with van der Waals surface area (Å²) in [5.74, 6) is -0.217. The molecule has 7 nitrogen and oxygen atoms in total. The molecule has 0 aliphatic rings. The SMILES string of the molecule is COc1ccc(C(NC(=O)c2ccc(OC)c([N+](=O)[O-])c2)c2ccc(F)cc2)cc1. The molecule has 0 saturated carbocycles. The molecule has 0 heterocycles. The summed E-state index contributed by atoms with van der Waals surface area (Å²) in [6.45, 7) is 0. The Morgan fingerprint density at radius 3 is 2.10 bits per heavy atom. The maximum atomic E-state index is 13.4. The lowest BCUT2D eigenvalue weighted by molar-refractivity contribution is -0.385. The highest BCUT2D eigenvalue weighted by Crippen LogP contribution is 2.29. The van der Waals surface area contributed by atoms with Gasteiger partial charge in [-0.2, -0.15) is 0 Å². The van der Waals surface area contributed by atoms with Gasteiger partial charge >= 0.3 is 5.69 Å². The molecule has 1 amide bonds. The van der Waals surface area contributed by atoms with Crippen LogP contribution in [0, 0.1) is 15.9 Å². The molecule has 0 aliphatic carbocycles. The van der Waals surface area contributed by atoms with Crippen molar-refractivity contribution in [2.75, 3.05) is 14.2 Å². The van der Waals surface area contributed by atoms with Crippen LogP contribution in [-0.2, 0) is 0 Å². The Kier molecular flexibility index (Phi) is 6.26. The van der Waals surface area contributed by atoms with E-state index in [0.29, 0.717) is 11.3 Å². The summed E-state index contributed by atoms with van der Waals surface area (Å²) in [4.78, 5) is 23.5. The molecule has 1 N–H and O–H groups in total. The van der Waals surface area contributed by atoms with Gasteiger partial charge in [-0.3, -0.25) is 14.9 Å². The van der Waals surface area contributed by atoms with Crippen LogP contribution < -0.4 is 14.8 Å². The molecule has 30 heavy (non-hydrogen) atoms. The van der Waals surface area contributed by atoms with Crippen molar-refractivity contribution in [3.8, 4) is 11.5 Å². The number of halogens is 1. The van der Waals surface area contributed by atoms with Gasteiger partial charge in [-0.25, -0.2) is 4.39 Å². The molecule has 0 bridgehead atoms. The number of amides is 1. The van der Waals surface area contributed by atoms with Crippen LogP contribution in [0.25, 0.3) is 0 Å². The van der Waals surface area contributed by atoms with E-state index in [1.165, 1.54) is 31.4 Å². The van der Waals surface area contributed by atoms with Crippen LogP contribution in [-0.4, -0.2) is 25.1 Å². The minimum atomic E-state index is -0.615. The second-order valence-electron chi connectivity index (χ2n) is 6.37. The first-order valence-electron chi connectivity index (χ1n) is 8.95. The van der Waals surface area contributed by atoms with E-state index in [-0.39, 0.29) is 17.0 Å². The maximum absolute atomic E-state index is 13.4. The first-order valence-corrected chi connectivity index (χ1v) is 8.95. The minimum Gasteiger partial charge on any atom is -0.497 e. The Morgan fingerprint density at radius 2 is 1.57 bits per heavy atom. The second-order valence-corrected chi connectivity index (χ2v) is 6.37. The Morgan fingerprint density at radius 1 is 0.967 bits per heavy atom. The number of hydrogen-bond acceptors (Lipinski definition) is 5. The number of benzene rings is 3. The zero-order valence-electron chi connectivity index (χ0n) is 16.3. The van der Waals surface area contributed by atoms with Gasteiger partial charge in [0.1, 0.15) is 11.6 Å². The normalized spacial score (nSPS) is 11.4. The van der Waals surface area contributed by atoms with E-state index in [2.05, 4.69) is 5.32 Å². The average molecular weight is 410 g/mol. The highest BCUT2D eigenvalue weighted by molar-refractivity contribution is 5.95. The molecule has 0 radical (unpaired) electrons. The molecule has 3 aromatic carbocycles. The number of nitro benzene ring substituents is 1. The van der Waals surface area contributed by atoms with Gasteiger partial charge in [-0.05, 0) is 47.5 Å². The van der Waals surface area contributed by atoms with Crippen molar-refractivity contribution in [2.24, 2.45) is 0 Å². The van der Waals surface area contributed by atoms with E-state index < -0.39 is 22.7 Å². The highest BCUT2D eigenvalue weighted by atomic mass is 19.1. The number of nitrogens with zero attached hydrogens (tertiary/aromatic N) is 1. The van der Waals surface area contributed by atoms with Crippen LogP contribution in [0.15, 0.2) is 66.7 Å². The van der Waals surface area contributed by atoms with Crippen molar-refractivity contribution in [1.29, 1.82) is 0 Å². The van der Waals surface area contributed by atoms with Gasteiger partial charge in [0.2, 0.25) is 0 Å². The van der Waals surface area contributed by atoms with Gasteiger partial charge in [-0.1, -0.05) is 24.3 Å². The summed E-state index contributed by atoms with van der Waals surface area (Å²) in [6, 6.07) is 16.2. The third-order valence-corrected chi connectivity index (χ3v) is 4.57. The van der Waals surface area contributed by atoms with E-state index in [1.807, 2.05) is 0 Å². The molecule has 1 atom stereocenters. The number of nitro groups is 1. The van der Waals surface area contributed by atoms with Gasteiger partial charge < -0.3 is 14.8 Å². The third kappa shape index (κ3) is 4.54. The Labute approximate surface area is 172 Å². The van der Waals surface area contributed by atoms with E-state index in [4.69, 9.17) is 9.47 Å². The summed E-state index contributed by atoms with van der Waals surface area (Å²) in [5.41, 5.74) is 1.17. The fraction of sp³-hybridized carbons (Fsp3) is 0.136. The van der Waals surface area contributed by atoms with Crippen molar-refractivity contribution in [3.63, 3.8) is 0 Å². The molecule has 8 heteroatoms. The first kappa shape index (κ1) is 20.8. The fourth-order valence-corrected chi connectivity index (χ4v) is 3.00. The maximum Gasteiger partial charge on any atom is 0.311 e. The Bertz CT molecular complexity index is 1050. The Hall–Kier alpha value is -3.94. The largest absolute Gasteiger partial charge is 0.497 e. The van der Waals surface area contributed by atoms with Gasteiger partial charge in [0, 0.05) is 11.6 Å². The smallest absolute Gasteiger partial charge is 0.311 e. The molecule has 3 aromatic rings. The van der Waals surface area contributed by atoms with Crippen LogP contribution >= 0.6 is 0 Å². The van der Waals surface area contributed by atoms with Crippen LogP contribution in [0.5, 0.6) is 11.5 Å². The first-order chi connectivity index (χ1) is 14.4. The van der Waals surface area contributed by atoms with E-state index >= 15 is 0 Å². The molecule has 0 aliphatic heterocycles. The number of carbonyl (C=O) groups excluding carboxylic acids is 1. The van der Waals surface area contributed by atoms with Crippen molar-refractivity contribution in [1.82, 2.24) is 5.32 Å². The number of ether oxygens (including phenoxy) is 2. The van der Waals surface area contributed by atoms with Crippen LogP contribution in [0.3, 0.4) is 0 Å². The zero-order chi connectivity index (χ0) is 21.7. The van der Waals surface area contributed by atoms with Crippen molar-refractivity contribution < 1.29 is 23.6 Å². The van der Waals surface area contributed by atoms with Gasteiger partial charge in [-0.15, -0.1) is 0 Å². The fourth-order valence-electron chi connectivity index (χ4n) is 3.00. The van der Waals surface area contributed by atoms with Crippen molar-refractivity contribution in [2.45, 2.75) is 6.04 Å². The van der Waals surface area contributed by atoms with E-state index in [9.17, 15) is 19.3 Å². The zero-order valence-corrected chi connectivity index (χ0v) is 16.3. The standard InChI is InChI=1S/C22H19FN2O5/c1-29-18-10-5-15(6-11-18)21(14-3-8-17(23)9-4-14)24-22(26)16-7-12-20(30-2)19(13-16)25(27)28/h3-13,21H,1-2H3,(H,24,26). The molecule has 0 aromatic heterocycles. The molecular formula is C22H19FN2O5. The quantitative estimate of drug-likeness (QED) is 0.464. The summed E-state index contributed by atoms with van der Waals surface area (Å²) in [7, 11) is 2.86. The highest BCUT2D eigenvalue weighted by Gasteiger charge is 2.22. The summed E-state index contributed by atoms with van der Waals surface area (Å²) in [6.07, 6.45) is 0. The lowest BCUT2D eigenvalue weighted by Gasteiger charge is -2.20. The molecule has 0 saturated heterocycles. The van der Waals surface area contributed by atoms with Crippen LogP contribution in [0.4, 0.5) is 10.1 Å². The minimum absolute atomic E-state index is 0.0572. The number of hydrogen-bond donors (Lipinski definition) is 1. The third-order valence-electron chi connectivity index (χ3n) is 4.57. The molecule has 3 rings (SSSR count). The average Bonchev–Trinajstić information content (AvgIpc) is 2.77.